The van der Waals surface area contributed by atoms with E-state index in [-0.39, 0.29) is 11.5 Å². The summed E-state index contributed by atoms with van der Waals surface area (Å²) < 4.78 is 40.5. The second-order valence-electron chi connectivity index (χ2n) is 3.68. The first kappa shape index (κ1) is 11.7. The van der Waals surface area contributed by atoms with E-state index in [1.165, 1.54) is 24.3 Å². The zero-order chi connectivity index (χ0) is 12.5. The molecule has 0 bridgehead atoms. The topological polar surface area (TPSA) is 26.3 Å². The number of halogens is 3. The molecular formula is C12H9F3O2. The lowest BCUT2D eigenvalue weighted by atomic mass is 10.0. The summed E-state index contributed by atoms with van der Waals surface area (Å²) in [7, 11) is 0. The molecule has 17 heavy (non-hydrogen) atoms. The second kappa shape index (κ2) is 4.24. The maximum Gasteiger partial charge on any atom is 0.573 e. The number of hydrogen-bond acceptors (Lipinski definition) is 2. The standard InChI is InChI=1S/C12H9F3O2/c13-12(14,15)17-11-4-2-1-3-10(11)8-5-6-9(16)7-8/h1-4,7H,5-6H2. The van der Waals surface area contributed by atoms with E-state index in [1.807, 2.05) is 0 Å². The lowest BCUT2D eigenvalue weighted by Crippen LogP contribution is -2.17. The van der Waals surface area contributed by atoms with Crippen LogP contribution in [-0.2, 0) is 4.79 Å². The highest BCUT2D eigenvalue weighted by Crippen LogP contribution is 2.35. The van der Waals surface area contributed by atoms with Crippen molar-refractivity contribution in [2.75, 3.05) is 0 Å². The number of ether oxygens (including phenoxy) is 1. The van der Waals surface area contributed by atoms with Gasteiger partial charge in [-0.15, -0.1) is 13.2 Å². The fourth-order valence-electron chi connectivity index (χ4n) is 1.75. The van der Waals surface area contributed by atoms with Crippen molar-refractivity contribution in [3.8, 4) is 5.75 Å². The quantitative estimate of drug-likeness (QED) is 0.795. The van der Waals surface area contributed by atoms with Gasteiger partial charge in [0.05, 0.1) is 0 Å². The molecule has 0 unspecified atom stereocenters. The molecule has 0 saturated carbocycles. The van der Waals surface area contributed by atoms with Gasteiger partial charge in [0.15, 0.2) is 5.78 Å². The summed E-state index contributed by atoms with van der Waals surface area (Å²) in [6, 6.07) is 5.84. The van der Waals surface area contributed by atoms with Crippen LogP contribution in [0.15, 0.2) is 30.3 Å². The van der Waals surface area contributed by atoms with E-state index in [9.17, 15) is 18.0 Å². The van der Waals surface area contributed by atoms with Gasteiger partial charge in [-0.1, -0.05) is 18.2 Å². The number of para-hydroxylation sites is 1. The normalized spacial score (nSPS) is 15.9. The average Bonchev–Trinajstić information content (AvgIpc) is 2.63. The van der Waals surface area contributed by atoms with E-state index >= 15 is 0 Å². The van der Waals surface area contributed by atoms with Gasteiger partial charge in [0.25, 0.3) is 0 Å². The van der Waals surface area contributed by atoms with Gasteiger partial charge < -0.3 is 4.74 Å². The van der Waals surface area contributed by atoms with Crippen molar-refractivity contribution in [3.63, 3.8) is 0 Å². The average molecular weight is 242 g/mol. The van der Waals surface area contributed by atoms with E-state index in [0.717, 1.165) is 0 Å². The van der Waals surface area contributed by atoms with E-state index in [1.54, 1.807) is 6.07 Å². The van der Waals surface area contributed by atoms with Crippen LogP contribution in [0.5, 0.6) is 5.75 Å². The number of carbonyl (C=O) groups is 1. The SMILES string of the molecule is O=C1C=C(c2ccccc2OC(F)(F)F)CC1. The number of rotatable bonds is 2. The first-order valence-electron chi connectivity index (χ1n) is 5.04. The van der Waals surface area contributed by atoms with Crippen LogP contribution in [0.25, 0.3) is 5.57 Å². The minimum absolute atomic E-state index is 0.0678. The van der Waals surface area contributed by atoms with Crippen molar-refractivity contribution in [2.45, 2.75) is 19.2 Å². The summed E-state index contributed by atoms with van der Waals surface area (Å²) in [4.78, 5) is 11.1. The highest BCUT2D eigenvalue weighted by atomic mass is 19.4. The van der Waals surface area contributed by atoms with Crippen LogP contribution in [0.4, 0.5) is 13.2 Å². The van der Waals surface area contributed by atoms with Crippen molar-refractivity contribution < 1.29 is 22.7 Å². The van der Waals surface area contributed by atoms with E-state index in [0.29, 0.717) is 24.0 Å². The van der Waals surface area contributed by atoms with Crippen molar-refractivity contribution in [3.05, 3.63) is 35.9 Å². The molecule has 1 aliphatic rings. The van der Waals surface area contributed by atoms with Gasteiger partial charge in [-0.05, 0) is 24.1 Å². The highest BCUT2D eigenvalue weighted by Gasteiger charge is 2.32. The smallest absolute Gasteiger partial charge is 0.405 e. The van der Waals surface area contributed by atoms with E-state index in [4.69, 9.17) is 0 Å². The summed E-state index contributed by atoms with van der Waals surface area (Å²) >= 11 is 0. The number of carbonyl (C=O) groups excluding carboxylic acids is 1. The molecule has 0 aliphatic heterocycles. The molecule has 1 aliphatic carbocycles. The first-order chi connectivity index (χ1) is 7.96. The third-order valence-electron chi connectivity index (χ3n) is 2.43. The fourth-order valence-corrected chi connectivity index (χ4v) is 1.75. The molecule has 2 nitrogen and oxygen atoms in total. The van der Waals surface area contributed by atoms with Gasteiger partial charge in [0.1, 0.15) is 5.75 Å². The van der Waals surface area contributed by atoms with Gasteiger partial charge in [0.2, 0.25) is 0 Å². The fraction of sp³-hybridized carbons (Fsp3) is 0.250. The molecule has 0 atom stereocenters. The van der Waals surface area contributed by atoms with Gasteiger partial charge in [-0.2, -0.15) is 0 Å². The molecule has 0 fully saturated rings. The molecule has 0 radical (unpaired) electrons. The Balaban J connectivity index is 2.34. The number of benzene rings is 1. The second-order valence-corrected chi connectivity index (χ2v) is 3.68. The monoisotopic (exact) mass is 242 g/mol. The summed E-state index contributed by atoms with van der Waals surface area (Å²) in [5.74, 6) is -0.331. The molecular weight excluding hydrogens is 233 g/mol. The third kappa shape index (κ3) is 2.87. The van der Waals surface area contributed by atoms with Crippen LogP contribution in [0, 0.1) is 0 Å². The molecule has 0 N–H and O–H groups in total. The molecule has 1 aromatic carbocycles. The lowest BCUT2D eigenvalue weighted by Gasteiger charge is -2.13. The maximum atomic E-state index is 12.2. The molecule has 0 spiro atoms. The summed E-state index contributed by atoms with van der Waals surface area (Å²) in [6.45, 7) is 0. The number of allylic oxidation sites excluding steroid dienone is 2. The highest BCUT2D eigenvalue weighted by molar-refractivity contribution is 6.02. The molecule has 2 rings (SSSR count). The Hall–Kier alpha value is -1.78. The van der Waals surface area contributed by atoms with Crippen molar-refractivity contribution in [1.82, 2.24) is 0 Å². The third-order valence-corrected chi connectivity index (χ3v) is 2.43. The van der Waals surface area contributed by atoms with Gasteiger partial charge >= 0.3 is 6.36 Å². The summed E-state index contributed by atoms with van der Waals surface area (Å²) in [5, 5.41) is 0. The van der Waals surface area contributed by atoms with Crippen molar-refractivity contribution in [2.24, 2.45) is 0 Å². The Morgan fingerprint density at radius 3 is 2.41 bits per heavy atom. The molecule has 1 aromatic rings. The van der Waals surface area contributed by atoms with Crippen LogP contribution in [0.3, 0.4) is 0 Å². The Labute approximate surface area is 95.7 Å². The molecule has 0 aromatic heterocycles. The molecule has 0 amide bonds. The van der Waals surface area contributed by atoms with Crippen LogP contribution in [0.1, 0.15) is 18.4 Å². The zero-order valence-corrected chi connectivity index (χ0v) is 8.75. The van der Waals surface area contributed by atoms with Gasteiger partial charge in [-0.25, -0.2) is 0 Å². The Morgan fingerprint density at radius 2 is 1.82 bits per heavy atom. The minimum Gasteiger partial charge on any atom is -0.405 e. The minimum atomic E-state index is -4.72. The van der Waals surface area contributed by atoms with Crippen molar-refractivity contribution >= 4 is 11.4 Å². The summed E-state index contributed by atoms with van der Waals surface area (Å²) in [6.07, 6.45) is -2.55. The van der Waals surface area contributed by atoms with Crippen LogP contribution >= 0.6 is 0 Å². The largest absolute Gasteiger partial charge is 0.573 e. The number of alkyl halides is 3. The van der Waals surface area contributed by atoms with E-state index < -0.39 is 6.36 Å². The molecule has 0 heterocycles. The molecule has 0 saturated heterocycles. The van der Waals surface area contributed by atoms with Gasteiger partial charge in [-0.3, -0.25) is 4.79 Å². The molecule has 5 heteroatoms. The number of hydrogen-bond donors (Lipinski definition) is 0. The predicted octanol–water partition coefficient (Wildman–Crippen LogP) is 3.33. The van der Waals surface area contributed by atoms with Crippen LogP contribution < -0.4 is 4.74 Å². The van der Waals surface area contributed by atoms with E-state index in [2.05, 4.69) is 4.74 Å². The predicted molar refractivity (Wildman–Crippen MR) is 55.3 cm³/mol. The van der Waals surface area contributed by atoms with Gasteiger partial charge in [0, 0.05) is 12.0 Å². The first-order valence-corrected chi connectivity index (χ1v) is 5.04. The summed E-state index contributed by atoms with van der Waals surface area (Å²) in [5.41, 5.74) is 0.922. The maximum absolute atomic E-state index is 12.2. The number of ketones is 1. The van der Waals surface area contributed by atoms with Crippen molar-refractivity contribution in [1.29, 1.82) is 0 Å². The van der Waals surface area contributed by atoms with Crippen LogP contribution in [0.2, 0.25) is 0 Å². The zero-order valence-electron chi connectivity index (χ0n) is 8.75. The van der Waals surface area contributed by atoms with Crippen LogP contribution in [-0.4, -0.2) is 12.1 Å². The Bertz CT molecular complexity index is 475. The lowest BCUT2D eigenvalue weighted by molar-refractivity contribution is -0.274. The molecule has 90 valence electrons. The Kier molecular flexibility index (Phi) is 2.92. The Morgan fingerprint density at radius 1 is 1.12 bits per heavy atom.